The molecule has 3 rings (SSSR count). The molecule has 7 heteroatoms. The molecule has 1 aliphatic rings. The van der Waals surface area contributed by atoms with Crippen molar-refractivity contribution in [2.75, 3.05) is 12.9 Å². The maximum atomic E-state index is 11.9. The Morgan fingerprint density at radius 2 is 2.29 bits per heavy atom. The second-order valence-electron chi connectivity index (χ2n) is 5.21. The average Bonchev–Trinajstić information content (AvgIpc) is 3.02. The molecule has 1 saturated heterocycles. The van der Waals surface area contributed by atoms with Crippen LogP contribution in [-0.4, -0.2) is 41.9 Å². The van der Waals surface area contributed by atoms with Gasteiger partial charge in [-0.1, -0.05) is 0 Å². The summed E-state index contributed by atoms with van der Waals surface area (Å²) in [6.07, 6.45) is 5.09. The number of rotatable bonds is 3. The minimum absolute atomic E-state index is 0.258. The number of aromatic nitrogens is 2. The molecule has 1 aliphatic heterocycles. The van der Waals surface area contributed by atoms with Crippen molar-refractivity contribution in [1.82, 2.24) is 9.38 Å². The van der Waals surface area contributed by atoms with Crippen molar-refractivity contribution in [1.29, 1.82) is 0 Å². The third-order valence-corrected chi connectivity index (χ3v) is 6.17. The van der Waals surface area contributed by atoms with Crippen molar-refractivity contribution in [3.05, 3.63) is 35.9 Å². The Hall–Kier alpha value is -1.89. The summed E-state index contributed by atoms with van der Waals surface area (Å²) in [7, 11) is -1.68. The summed E-state index contributed by atoms with van der Waals surface area (Å²) >= 11 is 0. The SMILES string of the molecule is COC(=O)c1ccc2cnc(CC3CCCS3(=O)=O)n2c1. The second kappa shape index (κ2) is 5.14. The number of fused-ring (bicyclic) bond motifs is 1. The maximum absolute atomic E-state index is 11.9. The van der Waals surface area contributed by atoms with Crippen LogP contribution in [0.3, 0.4) is 0 Å². The molecule has 2 aromatic heterocycles. The van der Waals surface area contributed by atoms with E-state index >= 15 is 0 Å². The van der Waals surface area contributed by atoms with Crippen LogP contribution in [0.2, 0.25) is 0 Å². The number of hydrogen-bond donors (Lipinski definition) is 0. The molecular weight excluding hydrogens is 292 g/mol. The van der Waals surface area contributed by atoms with Gasteiger partial charge < -0.3 is 9.14 Å². The van der Waals surface area contributed by atoms with Crippen molar-refractivity contribution < 1.29 is 17.9 Å². The van der Waals surface area contributed by atoms with Crippen molar-refractivity contribution in [3.8, 4) is 0 Å². The molecule has 0 aliphatic carbocycles. The summed E-state index contributed by atoms with van der Waals surface area (Å²) in [6, 6.07) is 3.44. The Morgan fingerprint density at radius 3 is 2.95 bits per heavy atom. The average molecular weight is 308 g/mol. The quantitative estimate of drug-likeness (QED) is 0.797. The lowest BCUT2D eigenvalue weighted by Gasteiger charge is -2.09. The molecule has 2 aromatic rings. The van der Waals surface area contributed by atoms with E-state index in [0.29, 0.717) is 30.7 Å². The van der Waals surface area contributed by atoms with Crippen LogP contribution in [0.25, 0.3) is 5.52 Å². The Morgan fingerprint density at radius 1 is 1.48 bits per heavy atom. The van der Waals surface area contributed by atoms with E-state index in [2.05, 4.69) is 4.98 Å². The van der Waals surface area contributed by atoms with Crippen LogP contribution < -0.4 is 0 Å². The molecule has 21 heavy (non-hydrogen) atoms. The first-order valence-corrected chi connectivity index (χ1v) is 8.48. The fraction of sp³-hybridized carbons (Fsp3) is 0.429. The maximum Gasteiger partial charge on any atom is 0.339 e. The number of hydrogen-bond acceptors (Lipinski definition) is 5. The summed E-state index contributed by atoms with van der Waals surface area (Å²) in [5, 5.41) is -0.370. The van der Waals surface area contributed by atoms with Gasteiger partial charge in [0.1, 0.15) is 5.82 Å². The number of methoxy groups -OCH3 is 1. The zero-order valence-corrected chi connectivity index (χ0v) is 12.5. The van der Waals surface area contributed by atoms with Gasteiger partial charge >= 0.3 is 5.97 Å². The summed E-state index contributed by atoms with van der Waals surface area (Å²) in [4.78, 5) is 15.9. The van der Waals surface area contributed by atoms with E-state index in [-0.39, 0.29) is 11.0 Å². The fourth-order valence-electron chi connectivity index (χ4n) is 2.72. The molecule has 1 unspecified atom stereocenters. The molecular formula is C14H16N2O4S. The number of carbonyl (C=O) groups is 1. The van der Waals surface area contributed by atoms with Gasteiger partial charge in [0.2, 0.25) is 0 Å². The monoisotopic (exact) mass is 308 g/mol. The van der Waals surface area contributed by atoms with Gasteiger partial charge in [0.25, 0.3) is 0 Å². The van der Waals surface area contributed by atoms with Gasteiger partial charge in [-0.05, 0) is 25.0 Å². The molecule has 0 spiro atoms. The van der Waals surface area contributed by atoms with E-state index < -0.39 is 15.8 Å². The van der Waals surface area contributed by atoms with Crippen LogP contribution in [0.15, 0.2) is 24.5 Å². The molecule has 0 bridgehead atoms. The molecule has 0 amide bonds. The van der Waals surface area contributed by atoms with Gasteiger partial charge in [-0.3, -0.25) is 0 Å². The van der Waals surface area contributed by atoms with E-state index in [1.165, 1.54) is 7.11 Å². The second-order valence-corrected chi connectivity index (χ2v) is 7.61. The van der Waals surface area contributed by atoms with Gasteiger partial charge in [0.05, 0.1) is 35.4 Å². The molecule has 112 valence electrons. The lowest BCUT2D eigenvalue weighted by molar-refractivity contribution is 0.0600. The lowest BCUT2D eigenvalue weighted by atomic mass is 10.2. The highest BCUT2D eigenvalue weighted by atomic mass is 32.2. The molecule has 1 fully saturated rings. The van der Waals surface area contributed by atoms with E-state index in [1.807, 2.05) is 0 Å². The third kappa shape index (κ3) is 2.53. The summed E-state index contributed by atoms with van der Waals surface area (Å²) in [6.45, 7) is 0. The number of pyridine rings is 1. The normalized spacial score (nSPS) is 20.7. The van der Waals surface area contributed by atoms with E-state index in [0.717, 1.165) is 5.52 Å². The van der Waals surface area contributed by atoms with E-state index in [9.17, 15) is 13.2 Å². The summed E-state index contributed by atoms with van der Waals surface area (Å²) < 4.78 is 30.3. The highest BCUT2D eigenvalue weighted by Gasteiger charge is 2.32. The van der Waals surface area contributed by atoms with Gasteiger partial charge in [0.15, 0.2) is 9.84 Å². The molecule has 1 atom stereocenters. The number of esters is 1. The van der Waals surface area contributed by atoms with Crippen molar-refractivity contribution in [2.24, 2.45) is 0 Å². The first kappa shape index (κ1) is 14.1. The Kier molecular flexibility index (Phi) is 3.44. The Labute approximate surface area is 122 Å². The zero-order valence-electron chi connectivity index (χ0n) is 11.7. The van der Waals surface area contributed by atoms with E-state index in [1.54, 1.807) is 28.9 Å². The number of sulfone groups is 1. The highest BCUT2D eigenvalue weighted by molar-refractivity contribution is 7.92. The van der Waals surface area contributed by atoms with Crippen molar-refractivity contribution in [2.45, 2.75) is 24.5 Å². The molecule has 0 N–H and O–H groups in total. The van der Waals surface area contributed by atoms with Crippen LogP contribution in [0.5, 0.6) is 0 Å². The smallest absolute Gasteiger partial charge is 0.339 e. The van der Waals surface area contributed by atoms with Crippen LogP contribution in [0.4, 0.5) is 0 Å². The van der Waals surface area contributed by atoms with Crippen molar-refractivity contribution >= 4 is 21.3 Å². The first-order chi connectivity index (χ1) is 10.0. The van der Waals surface area contributed by atoms with Crippen molar-refractivity contribution in [3.63, 3.8) is 0 Å². The van der Waals surface area contributed by atoms with Gasteiger partial charge in [-0.25, -0.2) is 18.2 Å². The molecule has 0 aromatic carbocycles. The first-order valence-electron chi connectivity index (χ1n) is 6.77. The molecule has 0 radical (unpaired) electrons. The largest absolute Gasteiger partial charge is 0.465 e. The van der Waals surface area contributed by atoms with Crippen LogP contribution in [0.1, 0.15) is 29.0 Å². The number of nitrogens with zero attached hydrogens (tertiary/aromatic N) is 2. The Bertz CT molecular complexity index is 794. The molecule has 3 heterocycles. The Balaban J connectivity index is 1.97. The van der Waals surface area contributed by atoms with Crippen LogP contribution in [0, 0.1) is 0 Å². The van der Waals surface area contributed by atoms with Crippen LogP contribution in [-0.2, 0) is 21.0 Å². The topological polar surface area (TPSA) is 77.7 Å². The van der Waals surface area contributed by atoms with Gasteiger partial charge in [-0.2, -0.15) is 0 Å². The highest BCUT2D eigenvalue weighted by Crippen LogP contribution is 2.23. The standard InChI is InChI=1S/C14H16N2O4S/c1-20-14(17)10-4-5-11-8-15-13(16(11)9-10)7-12-3-2-6-21(12,18)19/h4-5,8-9,12H,2-3,6-7H2,1H3. The third-order valence-electron chi connectivity index (χ3n) is 3.90. The van der Waals surface area contributed by atoms with Gasteiger partial charge in [-0.15, -0.1) is 0 Å². The fourth-order valence-corrected chi connectivity index (χ4v) is 4.56. The molecule has 6 nitrogen and oxygen atoms in total. The number of carbonyl (C=O) groups excluding carboxylic acids is 1. The zero-order chi connectivity index (χ0) is 15.0. The molecule has 0 saturated carbocycles. The number of imidazole rings is 1. The van der Waals surface area contributed by atoms with E-state index in [4.69, 9.17) is 4.74 Å². The van der Waals surface area contributed by atoms with Gasteiger partial charge in [0, 0.05) is 12.6 Å². The summed E-state index contributed by atoms with van der Waals surface area (Å²) in [5.74, 6) is 0.491. The lowest BCUT2D eigenvalue weighted by Crippen LogP contribution is -2.20. The minimum atomic E-state index is -3.01. The predicted molar refractivity (Wildman–Crippen MR) is 77.0 cm³/mol. The summed E-state index contributed by atoms with van der Waals surface area (Å²) in [5.41, 5.74) is 1.24. The van der Waals surface area contributed by atoms with Crippen LogP contribution >= 0.6 is 0 Å². The number of ether oxygens (including phenoxy) is 1. The minimum Gasteiger partial charge on any atom is -0.465 e. The predicted octanol–water partition coefficient (Wildman–Crippen LogP) is 1.24.